The van der Waals surface area contributed by atoms with E-state index in [1.165, 1.54) is 0 Å². The fourth-order valence-corrected chi connectivity index (χ4v) is 2.98. The number of hydrogen-bond donors (Lipinski definition) is 1. The quantitative estimate of drug-likeness (QED) is 0.862. The Balaban J connectivity index is 1.39. The van der Waals surface area contributed by atoms with Crippen molar-refractivity contribution in [2.75, 3.05) is 19.7 Å². The highest BCUT2D eigenvalue weighted by atomic mass is 16.5. The molecular weight excluding hydrogens is 330 g/mol. The van der Waals surface area contributed by atoms with Crippen LogP contribution in [0.5, 0.6) is 5.75 Å². The summed E-state index contributed by atoms with van der Waals surface area (Å²) in [6.45, 7) is 1.71. The highest BCUT2D eigenvalue weighted by Gasteiger charge is 2.27. The first kappa shape index (κ1) is 17.9. The molecule has 0 aliphatic carbocycles. The van der Waals surface area contributed by atoms with Crippen LogP contribution in [0.2, 0.25) is 0 Å². The summed E-state index contributed by atoms with van der Waals surface area (Å²) in [5.74, 6) is 0.654. The number of ether oxygens (including phenoxy) is 1. The van der Waals surface area contributed by atoms with Gasteiger partial charge in [0.25, 0.3) is 5.91 Å². The van der Waals surface area contributed by atoms with Gasteiger partial charge in [-0.05, 0) is 42.7 Å². The predicted octanol–water partition coefficient (Wildman–Crippen LogP) is 2.02. The van der Waals surface area contributed by atoms with Gasteiger partial charge < -0.3 is 15.0 Å². The summed E-state index contributed by atoms with van der Waals surface area (Å²) in [6.07, 6.45) is 4.78. The van der Waals surface area contributed by atoms with Crippen molar-refractivity contribution in [3.63, 3.8) is 0 Å². The van der Waals surface area contributed by atoms with Crippen molar-refractivity contribution >= 4 is 11.8 Å². The van der Waals surface area contributed by atoms with Gasteiger partial charge in [-0.25, -0.2) is 0 Å². The van der Waals surface area contributed by atoms with Crippen LogP contribution in [0.25, 0.3) is 0 Å². The minimum Gasteiger partial charge on any atom is -0.484 e. The number of amides is 2. The second kappa shape index (κ2) is 8.99. The van der Waals surface area contributed by atoms with Gasteiger partial charge in [0.15, 0.2) is 6.61 Å². The zero-order chi connectivity index (χ0) is 18.2. The molecule has 1 aliphatic rings. The number of carbonyl (C=O) groups excluding carboxylic acids is 2. The molecule has 2 heterocycles. The van der Waals surface area contributed by atoms with E-state index in [1.807, 2.05) is 42.5 Å². The Morgan fingerprint density at radius 3 is 2.46 bits per heavy atom. The summed E-state index contributed by atoms with van der Waals surface area (Å²) in [6, 6.07) is 13.1. The van der Waals surface area contributed by atoms with E-state index in [9.17, 15) is 9.59 Å². The summed E-state index contributed by atoms with van der Waals surface area (Å²) in [4.78, 5) is 30.3. The maximum atomic E-state index is 12.3. The van der Waals surface area contributed by atoms with E-state index >= 15 is 0 Å². The number of benzene rings is 1. The second-order valence-corrected chi connectivity index (χ2v) is 6.33. The molecule has 0 atom stereocenters. The molecule has 0 radical (unpaired) electrons. The Bertz CT molecular complexity index is 650. The number of nitrogens with zero attached hydrogens (tertiary/aromatic N) is 2. The summed E-state index contributed by atoms with van der Waals surface area (Å²) >= 11 is 0. The van der Waals surface area contributed by atoms with E-state index in [1.54, 1.807) is 17.3 Å². The SMILES string of the molecule is O=C(NCc1ccncc1)C1CCN(C(=O)COc2ccccc2)CC1. The van der Waals surface area contributed by atoms with Crippen LogP contribution >= 0.6 is 0 Å². The molecular formula is C20H23N3O3. The molecule has 1 N–H and O–H groups in total. The summed E-state index contributed by atoms with van der Waals surface area (Å²) < 4.78 is 5.51. The van der Waals surface area contributed by atoms with Crippen molar-refractivity contribution in [1.29, 1.82) is 0 Å². The van der Waals surface area contributed by atoms with Crippen LogP contribution in [0, 0.1) is 5.92 Å². The van der Waals surface area contributed by atoms with Gasteiger partial charge in [0.2, 0.25) is 5.91 Å². The Morgan fingerprint density at radius 2 is 1.77 bits per heavy atom. The van der Waals surface area contributed by atoms with E-state index in [0.29, 0.717) is 38.2 Å². The first-order valence-electron chi connectivity index (χ1n) is 8.84. The number of carbonyl (C=O) groups is 2. The minimum atomic E-state index is -0.0454. The fourth-order valence-electron chi connectivity index (χ4n) is 2.98. The van der Waals surface area contributed by atoms with Crippen molar-refractivity contribution in [2.45, 2.75) is 19.4 Å². The first-order chi connectivity index (χ1) is 12.7. The Morgan fingerprint density at radius 1 is 1.08 bits per heavy atom. The smallest absolute Gasteiger partial charge is 0.260 e. The number of likely N-dealkylation sites (tertiary alicyclic amines) is 1. The first-order valence-corrected chi connectivity index (χ1v) is 8.84. The largest absolute Gasteiger partial charge is 0.484 e. The zero-order valence-corrected chi connectivity index (χ0v) is 14.6. The summed E-state index contributed by atoms with van der Waals surface area (Å²) in [5.41, 5.74) is 1.03. The Kier molecular flexibility index (Phi) is 6.19. The number of piperidine rings is 1. The van der Waals surface area contributed by atoms with E-state index in [4.69, 9.17) is 4.74 Å². The Labute approximate surface area is 153 Å². The number of nitrogens with one attached hydrogen (secondary N) is 1. The van der Waals surface area contributed by atoms with Gasteiger partial charge in [-0.15, -0.1) is 0 Å². The lowest BCUT2D eigenvalue weighted by atomic mass is 9.96. The average molecular weight is 353 g/mol. The van der Waals surface area contributed by atoms with Crippen molar-refractivity contribution < 1.29 is 14.3 Å². The van der Waals surface area contributed by atoms with Crippen LogP contribution in [0.1, 0.15) is 18.4 Å². The molecule has 2 aromatic rings. The molecule has 26 heavy (non-hydrogen) atoms. The number of aromatic nitrogens is 1. The summed E-state index contributed by atoms with van der Waals surface area (Å²) in [7, 11) is 0. The van der Waals surface area contributed by atoms with Crippen molar-refractivity contribution in [3.05, 3.63) is 60.4 Å². The maximum absolute atomic E-state index is 12.3. The van der Waals surface area contributed by atoms with Crippen LogP contribution in [-0.2, 0) is 16.1 Å². The lowest BCUT2D eigenvalue weighted by Crippen LogP contribution is -2.44. The molecule has 136 valence electrons. The number of rotatable bonds is 6. The van der Waals surface area contributed by atoms with Gasteiger partial charge >= 0.3 is 0 Å². The highest BCUT2D eigenvalue weighted by molar-refractivity contribution is 5.80. The third kappa shape index (κ3) is 5.05. The van der Waals surface area contributed by atoms with Crippen LogP contribution < -0.4 is 10.1 Å². The minimum absolute atomic E-state index is 0.0307. The molecule has 0 spiro atoms. The predicted molar refractivity (Wildman–Crippen MR) is 97.3 cm³/mol. The molecule has 1 aliphatic heterocycles. The van der Waals surface area contributed by atoms with Crippen LogP contribution in [0.3, 0.4) is 0 Å². The molecule has 1 fully saturated rings. The van der Waals surface area contributed by atoms with E-state index in [-0.39, 0.29) is 24.3 Å². The molecule has 1 saturated heterocycles. The van der Waals surface area contributed by atoms with Crippen LogP contribution in [-0.4, -0.2) is 41.4 Å². The van der Waals surface area contributed by atoms with Crippen molar-refractivity contribution in [3.8, 4) is 5.75 Å². The lowest BCUT2D eigenvalue weighted by Gasteiger charge is -2.31. The van der Waals surface area contributed by atoms with Crippen molar-refractivity contribution in [1.82, 2.24) is 15.2 Å². The highest BCUT2D eigenvalue weighted by Crippen LogP contribution is 2.18. The van der Waals surface area contributed by atoms with Gasteiger partial charge in [0.05, 0.1) is 0 Å². The van der Waals surface area contributed by atoms with E-state index in [2.05, 4.69) is 10.3 Å². The van der Waals surface area contributed by atoms with Gasteiger partial charge in [-0.2, -0.15) is 0 Å². The zero-order valence-electron chi connectivity index (χ0n) is 14.6. The molecule has 6 nitrogen and oxygen atoms in total. The number of hydrogen-bond acceptors (Lipinski definition) is 4. The standard InChI is InChI=1S/C20H23N3O3/c24-19(15-26-18-4-2-1-3-5-18)23-12-8-17(9-13-23)20(25)22-14-16-6-10-21-11-7-16/h1-7,10-11,17H,8-9,12-15H2,(H,22,25). The monoisotopic (exact) mass is 353 g/mol. The normalized spacial score (nSPS) is 14.7. The van der Waals surface area contributed by atoms with Gasteiger partial charge in [0, 0.05) is 37.9 Å². The lowest BCUT2D eigenvalue weighted by molar-refractivity contribution is -0.137. The topological polar surface area (TPSA) is 71.5 Å². The molecule has 6 heteroatoms. The molecule has 0 unspecified atom stereocenters. The number of pyridine rings is 1. The van der Waals surface area contributed by atoms with Crippen molar-refractivity contribution in [2.24, 2.45) is 5.92 Å². The molecule has 0 saturated carbocycles. The second-order valence-electron chi connectivity index (χ2n) is 6.33. The average Bonchev–Trinajstić information content (AvgIpc) is 2.72. The molecule has 0 bridgehead atoms. The molecule has 2 amide bonds. The van der Waals surface area contributed by atoms with Gasteiger partial charge in [-0.1, -0.05) is 18.2 Å². The van der Waals surface area contributed by atoms with Gasteiger partial charge in [-0.3, -0.25) is 14.6 Å². The number of para-hydroxylation sites is 1. The molecule has 1 aromatic carbocycles. The summed E-state index contributed by atoms with van der Waals surface area (Å²) in [5, 5.41) is 2.96. The van der Waals surface area contributed by atoms with Crippen LogP contribution in [0.4, 0.5) is 0 Å². The molecule has 1 aromatic heterocycles. The molecule has 3 rings (SSSR count). The van der Waals surface area contributed by atoms with E-state index in [0.717, 1.165) is 5.56 Å². The maximum Gasteiger partial charge on any atom is 0.260 e. The van der Waals surface area contributed by atoms with Gasteiger partial charge in [0.1, 0.15) is 5.75 Å². The third-order valence-electron chi connectivity index (χ3n) is 4.54. The fraction of sp³-hybridized carbons (Fsp3) is 0.350. The third-order valence-corrected chi connectivity index (χ3v) is 4.54. The van der Waals surface area contributed by atoms with Crippen LogP contribution in [0.15, 0.2) is 54.9 Å². The Hall–Kier alpha value is -2.89. The van der Waals surface area contributed by atoms with E-state index < -0.39 is 0 Å².